The van der Waals surface area contributed by atoms with E-state index in [1.165, 1.54) is 0 Å². The van der Waals surface area contributed by atoms with Crippen molar-refractivity contribution in [1.29, 1.82) is 0 Å². The van der Waals surface area contributed by atoms with E-state index in [-0.39, 0.29) is 6.03 Å². The quantitative estimate of drug-likeness (QED) is 0.794. The van der Waals surface area contributed by atoms with Gasteiger partial charge in [0, 0.05) is 17.8 Å². The molecule has 5 heteroatoms. The van der Waals surface area contributed by atoms with Crippen LogP contribution in [0.15, 0.2) is 34.7 Å². The maximum absolute atomic E-state index is 11.1. The molecule has 18 heavy (non-hydrogen) atoms. The predicted molar refractivity (Wildman–Crippen MR) is 65.4 cm³/mol. The molecule has 1 aliphatic heterocycles. The number of anilines is 1. The Kier molecular flexibility index (Phi) is 2.37. The highest BCUT2D eigenvalue weighted by atomic mass is 16.3. The molecule has 2 N–H and O–H groups in total. The van der Waals surface area contributed by atoms with E-state index >= 15 is 0 Å². The molecule has 0 saturated heterocycles. The van der Waals surface area contributed by atoms with Crippen LogP contribution < -0.4 is 10.6 Å². The highest BCUT2D eigenvalue weighted by molar-refractivity contribution is 5.92. The topological polar surface area (TPSA) is 71.3 Å². The normalized spacial score (nSPS) is 13.4. The van der Waals surface area contributed by atoms with Gasteiger partial charge in [-0.05, 0) is 35.9 Å². The molecular weight excluding hydrogens is 232 g/mol. The maximum atomic E-state index is 11.1. The largest absolute Gasteiger partial charge is 0.453 e. The number of fused-ring (bicyclic) bond motifs is 1. The summed E-state index contributed by atoms with van der Waals surface area (Å²) in [6.45, 7) is 0.482. The van der Waals surface area contributed by atoms with E-state index in [9.17, 15) is 9.59 Å². The summed E-state index contributed by atoms with van der Waals surface area (Å²) in [5, 5.41) is 5.41. The number of urea groups is 1. The molecule has 0 radical (unpaired) electrons. The molecule has 0 bridgehead atoms. The van der Waals surface area contributed by atoms with Crippen LogP contribution in [0.3, 0.4) is 0 Å². The van der Waals surface area contributed by atoms with Crippen LogP contribution in [0.2, 0.25) is 0 Å². The smallest absolute Gasteiger partial charge is 0.319 e. The molecule has 0 fully saturated rings. The zero-order valence-corrected chi connectivity index (χ0v) is 9.40. The first kappa shape index (κ1) is 10.6. The molecule has 2 aromatic rings. The third-order valence-corrected chi connectivity index (χ3v) is 2.82. The van der Waals surface area contributed by atoms with Gasteiger partial charge in [-0.2, -0.15) is 0 Å². The summed E-state index contributed by atoms with van der Waals surface area (Å²) in [5.74, 6) is 0.936. The van der Waals surface area contributed by atoms with Crippen molar-refractivity contribution in [1.82, 2.24) is 5.32 Å². The Morgan fingerprint density at radius 2 is 2.11 bits per heavy atom. The van der Waals surface area contributed by atoms with E-state index in [0.29, 0.717) is 24.4 Å². The standard InChI is InChI=1S/C13H10N2O3/c16-7-10-2-4-12(18-10)8-1-3-11-9(5-8)6-14-13(17)15-11/h1-5,7H,6H2,(H2,14,15,17). The van der Waals surface area contributed by atoms with Crippen molar-refractivity contribution < 1.29 is 14.0 Å². The van der Waals surface area contributed by atoms with Gasteiger partial charge in [0.05, 0.1) is 0 Å². The van der Waals surface area contributed by atoms with Gasteiger partial charge in [0.15, 0.2) is 12.0 Å². The number of carbonyl (C=O) groups is 2. The summed E-state index contributed by atoms with van der Waals surface area (Å²) in [6.07, 6.45) is 0.670. The minimum absolute atomic E-state index is 0.198. The Labute approximate surface area is 103 Å². The van der Waals surface area contributed by atoms with Crippen LogP contribution >= 0.6 is 0 Å². The summed E-state index contributed by atoms with van der Waals surface area (Å²) in [6, 6.07) is 8.78. The molecule has 3 rings (SSSR count). The molecule has 1 aliphatic rings. The van der Waals surface area contributed by atoms with Crippen molar-refractivity contribution in [2.24, 2.45) is 0 Å². The van der Waals surface area contributed by atoms with Gasteiger partial charge < -0.3 is 15.1 Å². The van der Waals surface area contributed by atoms with Crippen molar-refractivity contribution in [3.8, 4) is 11.3 Å². The molecule has 90 valence electrons. The lowest BCUT2D eigenvalue weighted by molar-refractivity contribution is 0.110. The van der Waals surface area contributed by atoms with Gasteiger partial charge >= 0.3 is 6.03 Å². The second-order valence-electron chi connectivity index (χ2n) is 4.00. The Bertz CT molecular complexity index is 631. The Hall–Kier alpha value is -2.56. The predicted octanol–water partition coefficient (Wildman–Crippen LogP) is 2.39. The second-order valence-corrected chi connectivity index (χ2v) is 4.00. The average molecular weight is 242 g/mol. The highest BCUT2D eigenvalue weighted by Crippen LogP contribution is 2.27. The van der Waals surface area contributed by atoms with Gasteiger partial charge in [-0.1, -0.05) is 0 Å². The lowest BCUT2D eigenvalue weighted by Crippen LogP contribution is -2.33. The fourth-order valence-electron chi connectivity index (χ4n) is 1.93. The van der Waals surface area contributed by atoms with Gasteiger partial charge in [-0.15, -0.1) is 0 Å². The van der Waals surface area contributed by atoms with E-state index in [2.05, 4.69) is 10.6 Å². The molecule has 0 spiro atoms. The molecular formula is C13H10N2O3. The van der Waals surface area contributed by atoms with Crippen LogP contribution in [0, 0.1) is 0 Å². The van der Waals surface area contributed by atoms with Crippen LogP contribution in [0.25, 0.3) is 11.3 Å². The molecule has 0 unspecified atom stereocenters. The first-order valence-corrected chi connectivity index (χ1v) is 5.49. The number of hydrogen-bond acceptors (Lipinski definition) is 3. The molecule has 0 saturated carbocycles. The van der Waals surface area contributed by atoms with Gasteiger partial charge in [0.1, 0.15) is 5.76 Å². The van der Waals surface area contributed by atoms with Gasteiger partial charge in [-0.3, -0.25) is 4.79 Å². The number of hydrogen-bond donors (Lipinski definition) is 2. The molecule has 1 aromatic carbocycles. The number of nitrogens with one attached hydrogen (secondary N) is 2. The molecule has 2 amide bonds. The molecule has 0 atom stereocenters. The maximum Gasteiger partial charge on any atom is 0.319 e. The van der Waals surface area contributed by atoms with Crippen LogP contribution in [0.1, 0.15) is 16.1 Å². The third-order valence-electron chi connectivity index (χ3n) is 2.82. The van der Waals surface area contributed by atoms with Gasteiger partial charge in [0.2, 0.25) is 0 Å². The van der Waals surface area contributed by atoms with E-state index in [1.54, 1.807) is 12.1 Å². The summed E-state index contributed by atoms with van der Waals surface area (Å²) in [7, 11) is 0. The second kappa shape index (κ2) is 4.03. The SMILES string of the molecule is O=Cc1ccc(-c2ccc3c(c2)CNC(=O)N3)o1. The number of carbonyl (C=O) groups excluding carboxylic acids is 2. The zero-order valence-electron chi connectivity index (χ0n) is 9.40. The summed E-state index contributed by atoms with van der Waals surface area (Å²) in [5.41, 5.74) is 2.65. The Morgan fingerprint density at radius 1 is 1.22 bits per heavy atom. The first-order valence-electron chi connectivity index (χ1n) is 5.49. The fourth-order valence-corrected chi connectivity index (χ4v) is 1.93. The summed E-state index contributed by atoms with van der Waals surface area (Å²) >= 11 is 0. The molecule has 0 aliphatic carbocycles. The van der Waals surface area contributed by atoms with Gasteiger partial charge in [-0.25, -0.2) is 4.79 Å². The van der Waals surface area contributed by atoms with Crippen LogP contribution in [0.5, 0.6) is 0 Å². The first-order chi connectivity index (χ1) is 8.76. The van der Waals surface area contributed by atoms with E-state index in [0.717, 1.165) is 16.8 Å². The Balaban J connectivity index is 1.99. The fraction of sp³-hybridized carbons (Fsp3) is 0.0769. The monoisotopic (exact) mass is 242 g/mol. The van der Waals surface area contributed by atoms with Gasteiger partial charge in [0.25, 0.3) is 0 Å². The number of furan rings is 1. The van der Waals surface area contributed by atoms with Crippen molar-refractivity contribution >= 4 is 18.0 Å². The van der Waals surface area contributed by atoms with Crippen LogP contribution in [-0.4, -0.2) is 12.3 Å². The van der Waals surface area contributed by atoms with Crippen LogP contribution in [0.4, 0.5) is 10.5 Å². The minimum Gasteiger partial charge on any atom is -0.453 e. The number of amides is 2. The summed E-state index contributed by atoms with van der Waals surface area (Å²) in [4.78, 5) is 21.7. The van der Waals surface area contributed by atoms with E-state index < -0.39 is 0 Å². The van der Waals surface area contributed by atoms with Crippen molar-refractivity contribution in [2.45, 2.75) is 6.54 Å². The summed E-state index contributed by atoms with van der Waals surface area (Å²) < 4.78 is 5.36. The molecule has 2 heterocycles. The lowest BCUT2D eigenvalue weighted by atomic mass is 10.1. The van der Waals surface area contributed by atoms with Crippen molar-refractivity contribution in [3.63, 3.8) is 0 Å². The van der Waals surface area contributed by atoms with E-state index in [4.69, 9.17) is 4.42 Å². The van der Waals surface area contributed by atoms with E-state index in [1.807, 2.05) is 18.2 Å². The number of rotatable bonds is 2. The number of aldehydes is 1. The van der Waals surface area contributed by atoms with Crippen LogP contribution in [-0.2, 0) is 6.54 Å². The average Bonchev–Trinajstić information content (AvgIpc) is 2.87. The number of benzene rings is 1. The molecule has 5 nitrogen and oxygen atoms in total. The van der Waals surface area contributed by atoms with Crippen molar-refractivity contribution in [3.05, 3.63) is 41.7 Å². The Morgan fingerprint density at radius 3 is 2.89 bits per heavy atom. The lowest BCUT2D eigenvalue weighted by Gasteiger charge is -2.18. The highest BCUT2D eigenvalue weighted by Gasteiger charge is 2.15. The third kappa shape index (κ3) is 1.75. The molecule has 1 aromatic heterocycles. The zero-order chi connectivity index (χ0) is 12.5. The van der Waals surface area contributed by atoms with Crippen molar-refractivity contribution in [2.75, 3.05) is 5.32 Å². The minimum atomic E-state index is -0.198.